The van der Waals surface area contributed by atoms with Crippen LogP contribution in [0.25, 0.3) is 0 Å². The van der Waals surface area contributed by atoms with Crippen molar-refractivity contribution in [3.63, 3.8) is 0 Å². The van der Waals surface area contributed by atoms with E-state index in [1.807, 2.05) is 31.2 Å². The van der Waals surface area contributed by atoms with Crippen LogP contribution in [0.5, 0.6) is 0 Å². The molecule has 2 aliphatic rings. The Bertz CT molecular complexity index is 612. The highest BCUT2D eigenvalue weighted by Crippen LogP contribution is 2.31. The number of fused-ring (bicyclic) bond motifs is 1. The van der Waals surface area contributed by atoms with Gasteiger partial charge in [-0.1, -0.05) is 41.6 Å². The van der Waals surface area contributed by atoms with Crippen LogP contribution in [0.1, 0.15) is 24.0 Å². The number of nitrogens with one attached hydrogen (secondary N) is 1. The minimum Gasteiger partial charge on any atom is -0.352 e. The normalized spacial score (nSPS) is 20.6. The predicted molar refractivity (Wildman–Crippen MR) is 87.7 cm³/mol. The van der Waals surface area contributed by atoms with Gasteiger partial charge in [-0.3, -0.25) is 19.5 Å². The fraction of sp³-hybridized carbons (Fsp3) is 0.438. The van der Waals surface area contributed by atoms with Crippen LogP contribution in [0, 0.1) is 6.92 Å². The van der Waals surface area contributed by atoms with Gasteiger partial charge in [0.15, 0.2) is 5.17 Å². The van der Waals surface area contributed by atoms with Gasteiger partial charge in [-0.05, 0) is 18.9 Å². The average Bonchev–Trinajstić information content (AvgIpc) is 2.83. The summed E-state index contributed by atoms with van der Waals surface area (Å²) in [6.45, 7) is 4.03. The molecule has 0 spiro atoms. The van der Waals surface area contributed by atoms with Crippen LogP contribution < -0.4 is 5.32 Å². The van der Waals surface area contributed by atoms with Gasteiger partial charge in [0.1, 0.15) is 5.25 Å². The molecule has 1 saturated heterocycles. The SMILES string of the molecule is Cc1ccc(CNC(=O)CC2SC3=NCCCN3C2=O)cc1. The van der Waals surface area contributed by atoms with Gasteiger partial charge in [0.2, 0.25) is 11.8 Å². The first-order chi connectivity index (χ1) is 10.6. The van der Waals surface area contributed by atoms with Crippen molar-refractivity contribution in [1.82, 2.24) is 10.2 Å². The molecular weight excluding hydrogens is 298 g/mol. The lowest BCUT2D eigenvalue weighted by molar-refractivity contribution is -0.129. The molecule has 1 unspecified atom stereocenters. The summed E-state index contributed by atoms with van der Waals surface area (Å²) in [6.07, 6.45) is 1.12. The number of hydrogen-bond donors (Lipinski definition) is 1. The number of aliphatic imine (C=N–C) groups is 1. The number of amides is 2. The van der Waals surface area contributed by atoms with Gasteiger partial charge in [-0.2, -0.15) is 0 Å². The Morgan fingerprint density at radius 2 is 2.18 bits per heavy atom. The smallest absolute Gasteiger partial charge is 0.242 e. The first-order valence-corrected chi connectivity index (χ1v) is 8.36. The summed E-state index contributed by atoms with van der Waals surface area (Å²) in [5.41, 5.74) is 2.26. The molecule has 0 aromatic heterocycles. The van der Waals surface area contributed by atoms with E-state index in [-0.39, 0.29) is 23.5 Å². The second kappa shape index (κ2) is 6.52. The maximum atomic E-state index is 12.2. The number of nitrogens with zero attached hydrogens (tertiary/aromatic N) is 2. The molecular formula is C16H19N3O2S. The quantitative estimate of drug-likeness (QED) is 0.919. The lowest BCUT2D eigenvalue weighted by atomic mass is 10.1. The molecule has 22 heavy (non-hydrogen) atoms. The molecule has 1 aromatic carbocycles. The van der Waals surface area contributed by atoms with Crippen LogP contribution in [0.2, 0.25) is 0 Å². The molecule has 0 radical (unpaired) electrons. The minimum absolute atomic E-state index is 0.0222. The molecule has 6 heteroatoms. The standard InChI is InChI=1S/C16H19N3O2S/c1-11-3-5-12(6-4-11)10-18-14(20)9-13-15(21)19-8-2-7-17-16(19)22-13/h3-6,13H,2,7-10H2,1H3,(H,18,20). The predicted octanol–water partition coefficient (Wildman–Crippen LogP) is 1.71. The lowest BCUT2D eigenvalue weighted by Gasteiger charge is -2.19. The van der Waals surface area contributed by atoms with Crippen molar-refractivity contribution in [1.29, 1.82) is 0 Å². The highest BCUT2D eigenvalue weighted by Gasteiger charge is 2.39. The van der Waals surface area contributed by atoms with Crippen LogP contribution in [-0.2, 0) is 16.1 Å². The molecule has 0 aliphatic carbocycles. The maximum Gasteiger partial charge on any atom is 0.242 e. The molecule has 5 nitrogen and oxygen atoms in total. The van der Waals surface area contributed by atoms with Crippen molar-refractivity contribution >= 4 is 28.7 Å². The number of carbonyl (C=O) groups is 2. The topological polar surface area (TPSA) is 61.8 Å². The van der Waals surface area contributed by atoms with Crippen molar-refractivity contribution in [3.8, 4) is 0 Å². The molecule has 1 fully saturated rings. The van der Waals surface area contributed by atoms with Crippen molar-refractivity contribution in [2.75, 3.05) is 13.1 Å². The summed E-state index contributed by atoms with van der Waals surface area (Å²) in [7, 11) is 0. The van der Waals surface area contributed by atoms with E-state index in [1.54, 1.807) is 4.90 Å². The number of thioether (sulfide) groups is 1. The third kappa shape index (κ3) is 3.32. The molecule has 116 valence electrons. The van der Waals surface area contributed by atoms with Crippen LogP contribution >= 0.6 is 11.8 Å². The number of aryl methyl sites for hydroxylation is 1. The zero-order valence-corrected chi connectivity index (χ0v) is 13.4. The molecule has 0 saturated carbocycles. The monoisotopic (exact) mass is 317 g/mol. The van der Waals surface area contributed by atoms with E-state index in [2.05, 4.69) is 10.3 Å². The van der Waals surface area contributed by atoms with Crippen molar-refractivity contribution in [2.45, 2.75) is 31.6 Å². The Labute approximate surface area is 134 Å². The van der Waals surface area contributed by atoms with Gasteiger partial charge in [-0.15, -0.1) is 0 Å². The fourth-order valence-corrected chi connectivity index (χ4v) is 3.71. The number of benzene rings is 1. The van der Waals surface area contributed by atoms with Crippen molar-refractivity contribution in [3.05, 3.63) is 35.4 Å². The Hall–Kier alpha value is -1.82. The molecule has 2 heterocycles. The summed E-state index contributed by atoms with van der Waals surface area (Å²) >= 11 is 1.42. The second-order valence-corrected chi connectivity index (χ2v) is 6.75. The number of hydrogen-bond acceptors (Lipinski definition) is 4. The fourth-order valence-electron chi connectivity index (χ4n) is 2.52. The number of amidine groups is 1. The average molecular weight is 317 g/mol. The molecule has 1 N–H and O–H groups in total. The van der Waals surface area contributed by atoms with E-state index in [4.69, 9.17) is 0 Å². The summed E-state index contributed by atoms with van der Waals surface area (Å²) in [6, 6.07) is 8.04. The third-order valence-corrected chi connectivity index (χ3v) is 5.00. The zero-order valence-electron chi connectivity index (χ0n) is 12.5. The zero-order chi connectivity index (χ0) is 15.5. The first kappa shape index (κ1) is 15.1. The largest absolute Gasteiger partial charge is 0.352 e. The van der Waals surface area contributed by atoms with Gasteiger partial charge >= 0.3 is 0 Å². The summed E-state index contributed by atoms with van der Waals surface area (Å²) in [5.74, 6) is -0.0687. The minimum atomic E-state index is -0.324. The molecule has 0 bridgehead atoms. The van der Waals surface area contributed by atoms with Gasteiger partial charge in [0, 0.05) is 26.1 Å². The van der Waals surface area contributed by atoms with E-state index < -0.39 is 0 Å². The Morgan fingerprint density at radius 1 is 1.41 bits per heavy atom. The van der Waals surface area contributed by atoms with Crippen molar-refractivity contribution < 1.29 is 9.59 Å². The van der Waals surface area contributed by atoms with E-state index in [0.717, 1.165) is 30.2 Å². The van der Waals surface area contributed by atoms with Crippen LogP contribution in [-0.4, -0.2) is 40.2 Å². The van der Waals surface area contributed by atoms with Crippen LogP contribution in [0.3, 0.4) is 0 Å². The third-order valence-electron chi connectivity index (χ3n) is 3.79. The highest BCUT2D eigenvalue weighted by molar-refractivity contribution is 8.15. The van der Waals surface area contributed by atoms with Crippen molar-refractivity contribution in [2.24, 2.45) is 4.99 Å². The van der Waals surface area contributed by atoms with Gasteiger partial charge in [0.05, 0.1) is 0 Å². The first-order valence-electron chi connectivity index (χ1n) is 7.48. The number of rotatable bonds is 4. The van der Waals surface area contributed by atoms with Gasteiger partial charge < -0.3 is 5.32 Å². The van der Waals surface area contributed by atoms with E-state index in [0.29, 0.717) is 6.54 Å². The van der Waals surface area contributed by atoms with E-state index in [1.165, 1.54) is 17.3 Å². The summed E-state index contributed by atoms with van der Waals surface area (Å²) < 4.78 is 0. The van der Waals surface area contributed by atoms with E-state index >= 15 is 0 Å². The molecule has 2 amide bonds. The maximum absolute atomic E-state index is 12.2. The molecule has 1 aromatic rings. The van der Waals surface area contributed by atoms with Crippen LogP contribution in [0.15, 0.2) is 29.3 Å². The summed E-state index contributed by atoms with van der Waals surface area (Å²) in [5, 5.41) is 3.34. The molecule has 3 rings (SSSR count). The van der Waals surface area contributed by atoms with E-state index in [9.17, 15) is 9.59 Å². The molecule has 2 aliphatic heterocycles. The second-order valence-electron chi connectivity index (χ2n) is 5.58. The van der Waals surface area contributed by atoms with Crippen LogP contribution in [0.4, 0.5) is 0 Å². The van der Waals surface area contributed by atoms with Gasteiger partial charge in [-0.25, -0.2) is 0 Å². The molecule has 1 atom stereocenters. The number of carbonyl (C=O) groups excluding carboxylic acids is 2. The Kier molecular flexibility index (Phi) is 4.47. The Balaban J connectivity index is 1.52. The summed E-state index contributed by atoms with van der Waals surface area (Å²) in [4.78, 5) is 30.4. The van der Waals surface area contributed by atoms with Gasteiger partial charge in [0.25, 0.3) is 0 Å². The Morgan fingerprint density at radius 3 is 2.91 bits per heavy atom. The highest BCUT2D eigenvalue weighted by atomic mass is 32.2. The lowest BCUT2D eigenvalue weighted by Crippen LogP contribution is -2.37.